The first-order valence-corrected chi connectivity index (χ1v) is 8.92. The van der Waals surface area contributed by atoms with Crippen molar-refractivity contribution in [1.29, 1.82) is 0 Å². The maximum absolute atomic E-state index is 12.2. The SMILES string of the molecule is CC(C)(C)[C@H](NCC(=O)Nc1cc(Cl)ccc1Cl)c1cccs1. The Kier molecular flexibility index (Phi) is 6.09. The molecule has 1 aromatic heterocycles. The lowest BCUT2D eigenvalue weighted by atomic mass is 9.86. The van der Waals surface area contributed by atoms with E-state index in [4.69, 9.17) is 23.2 Å². The summed E-state index contributed by atoms with van der Waals surface area (Å²) in [5.41, 5.74) is 0.521. The Bertz CT molecular complexity index is 666. The van der Waals surface area contributed by atoms with Gasteiger partial charge in [-0.1, -0.05) is 50.0 Å². The number of amides is 1. The highest BCUT2D eigenvalue weighted by Gasteiger charge is 2.27. The summed E-state index contributed by atoms with van der Waals surface area (Å²) in [7, 11) is 0. The van der Waals surface area contributed by atoms with E-state index in [9.17, 15) is 4.79 Å². The van der Waals surface area contributed by atoms with E-state index in [1.165, 1.54) is 4.88 Å². The van der Waals surface area contributed by atoms with Crippen LogP contribution in [0.5, 0.6) is 0 Å². The molecule has 0 aliphatic rings. The summed E-state index contributed by atoms with van der Waals surface area (Å²) in [4.78, 5) is 13.4. The zero-order valence-corrected chi connectivity index (χ0v) is 15.6. The minimum absolute atomic E-state index is 0.00116. The molecule has 0 unspecified atom stereocenters. The molecule has 2 N–H and O–H groups in total. The molecule has 124 valence electrons. The molecular formula is C17H20Cl2N2OS. The van der Waals surface area contributed by atoms with Gasteiger partial charge in [0, 0.05) is 15.9 Å². The van der Waals surface area contributed by atoms with Gasteiger partial charge in [0.2, 0.25) is 5.91 Å². The van der Waals surface area contributed by atoms with Gasteiger partial charge in [-0.3, -0.25) is 4.79 Å². The molecule has 1 heterocycles. The zero-order chi connectivity index (χ0) is 17.0. The largest absolute Gasteiger partial charge is 0.324 e. The molecule has 2 aromatic rings. The Morgan fingerprint density at radius 2 is 2.00 bits per heavy atom. The molecule has 0 spiro atoms. The van der Waals surface area contributed by atoms with Crippen LogP contribution >= 0.6 is 34.5 Å². The highest BCUT2D eigenvalue weighted by atomic mass is 35.5. The maximum atomic E-state index is 12.2. The minimum atomic E-state index is -0.153. The van der Waals surface area contributed by atoms with Crippen molar-refractivity contribution in [2.75, 3.05) is 11.9 Å². The third kappa shape index (κ3) is 5.21. The fraction of sp³-hybridized carbons (Fsp3) is 0.353. The van der Waals surface area contributed by atoms with Gasteiger partial charge in [0.05, 0.1) is 17.3 Å². The van der Waals surface area contributed by atoms with Crippen LogP contribution in [0.4, 0.5) is 5.69 Å². The molecule has 23 heavy (non-hydrogen) atoms. The summed E-state index contributed by atoms with van der Waals surface area (Å²) < 4.78 is 0. The first-order valence-electron chi connectivity index (χ1n) is 7.29. The smallest absolute Gasteiger partial charge is 0.238 e. The van der Waals surface area contributed by atoms with Crippen molar-refractivity contribution in [2.24, 2.45) is 5.41 Å². The third-order valence-electron chi connectivity index (χ3n) is 3.36. The van der Waals surface area contributed by atoms with E-state index < -0.39 is 0 Å². The summed E-state index contributed by atoms with van der Waals surface area (Å²) in [5, 5.41) is 9.17. The van der Waals surface area contributed by atoms with Gasteiger partial charge in [-0.05, 0) is 35.1 Å². The highest BCUT2D eigenvalue weighted by molar-refractivity contribution is 7.10. The van der Waals surface area contributed by atoms with Crippen LogP contribution in [0.3, 0.4) is 0 Å². The van der Waals surface area contributed by atoms with Crippen molar-refractivity contribution in [3.8, 4) is 0 Å². The molecule has 0 radical (unpaired) electrons. The first kappa shape index (κ1) is 18.3. The van der Waals surface area contributed by atoms with Crippen LogP contribution in [0.1, 0.15) is 31.7 Å². The number of carbonyl (C=O) groups excluding carboxylic acids is 1. The molecule has 1 aromatic carbocycles. The van der Waals surface area contributed by atoms with Crippen LogP contribution in [0.25, 0.3) is 0 Å². The van der Waals surface area contributed by atoms with E-state index in [0.717, 1.165) is 0 Å². The minimum Gasteiger partial charge on any atom is -0.324 e. The molecule has 0 aliphatic carbocycles. The van der Waals surface area contributed by atoms with Crippen molar-refractivity contribution in [2.45, 2.75) is 26.8 Å². The summed E-state index contributed by atoms with van der Waals surface area (Å²) in [6, 6.07) is 9.19. The van der Waals surface area contributed by atoms with E-state index in [0.29, 0.717) is 15.7 Å². The monoisotopic (exact) mass is 370 g/mol. The molecule has 0 saturated heterocycles. The van der Waals surface area contributed by atoms with E-state index >= 15 is 0 Å². The van der Waals surface area contributed by atoms with Crippen LogP contribution in [-0.4, -0.2) is 12.5 Å². The van der Waals surface area contributed by atoms with Gasteiger partial charge in [0.1, 0.15) is 0 Å². The van der Waals surface area contributed by atoms with Gasteiger partial charge in [-0.2, -0.15) is 0 Å². The molecule has 6 heteroatoms. The molecule has 0 saturated carbocycles. The first-order chi connectivity index (χ1) is 10.8. The predicted molar refractivity (Wildman–Crippen MR) is 99.6 cm³/mol. The van der Waals surface area contributed by atoms with E-state index in [-0.39, 0.29) is 23.9 Å². The average Bonchev–Trinajstić information content (AvgIpc) is 2.95. The lowest BCUT2D eigenvalue weighted by Crippen LogP contribution is -2.37. The molecule has 2 rings (SSSR count). The number of rotatable bonds is 5. The molecule has 1 atom stereocenters. The van der Waals surface area contributed by atoms with Gasteiger partial charge in [0.25, 0.3) is 0 Å². The molecule has 0 fully saturated rings. The number of hydrogen-bond acceptors (Lipinski definition) is 3. The second kappa shape index (κ2) is 7.67. The number of anilines is 1. The van der Waals surface area contributed by atoms with Crippen molar-refractivity contribution < 1.29 is 4.79 Å². The second-order valence-corrected chi connectivity index (χ2v) is 8.19. The summed E-state index contributed by atoms with van der Waals surface area (Å²) in [6.07, 6.45) is 0. The fourth-order valence-electron chi connectivity index (χ4n) is 2.27. The van der Waals surface area contributed by atoms with Crippen molar-refractivity contribution in [3.05, 3.63) is 50.6 Å². The predicted octanol–water partition coefficient (Wildman–Crippen LogP) is 5.37. The summed E-state index contributed by atoms with van der Waals surface area (Å²) in [5.74, 6) is -0.153. The van der Waals surface area contributed by atoms with Crippen molar-refractivity contribution >= 4 is 46.1 Å². The number of carbonyl (C=O) groups is 1. The number of halogens is 2. The van der Waals surface area contributed by atoms with E-state index in [2.05, 4.69) is 37.5 Å². The zero-order valence-electron chi connectivity index (χ0n) is 13.3. The topological polar surface area (TPSA) is 41.1 Å². The molecule has 0 bridgehead atoms. The summed E-state index contributed by atoms with van der Waals surface area (Å²) in [6.45, 7) is 6.64. The standard InChI is InChI=1S/C17H20Cl2N2OS/c1-17(2,3)16(14-5-4-8-23-14)20-10-15(22)21-13-9-11(18)6-7-12(13)19/h4-9,16,20H,10H2,1-3H3,(H,21,22)/t16-/m1/s1. The summed E-state index contributed by atoms with van der Waals surface area (Å²) >= 11 is 13.7. The van der Waals surface area contributed by atoms with Gasteiger partial charge in [0.15, 0.2) is 0 Å². The Hall–Kier alpha value is -1.07. The van der Waals surface area contributed by atoms with Gasteiger partial charge >= 0.3 is 0 Å². The van der Waals surface area contributed by atoms with Crippen molar-refractivity contribution in [3.63, 3.8) is 0 Å². The number of hydrogen-bond donors (Lipinski definition) is 2. The molecular weight excluding hydrogens is 351 g/mol. The van der Waals surface area contributed by atoms with Crippen LogP contribution in [0.2, 0.25) is 10.0 Å². The molecule has 3 nitrogen and oxygen atoms in total. The van der Waals surface area contributed by atoms with Crippen LogP contribution in [-0.2, 0) is 4.79 Å². The quantitative estimate of drug-likeness (QED) is 0.742. The maximum Gasteiger partial charge on any atom is 0.238 e. The Morgan fingerprint density at radius 3 is 2.61 bits per heavy atom. The van der Waals surface area contributed by atoms with E-state index in [1.807, 2.05) is 11.4 Å². The van der Waals surface area contributed by atoms with Gasteiger partial charge in [-0.25, -0.2) is 0 Å². The Balaban J connectivity index is 2.01. The second-order valence-electron chi connectivity index (χ2n) is 6.37. The van der Waals surface area contributed by atoms with Crippen molar-refractivity contribution in [1.82, 2.24) is 5.32 Å². The van der Waals surface area contributed by atoms with E-state index in [1.54, 1.807) is 29.5 Å². The number of benzene rings is 1. The Morgan fingerprint density at radius 1 is 1.26 bits per heavy atom. The number of thiophene rings is 1. The fourth-order valence-corrected chi connectivity index (χ4v) is 3.65. The van der Waals surface area contributed by atoms with Crippen LogP contribution in [0.15, 0.2) is 35.7 Å². The number of nitrogens with one attached hydrogen (secondary N) is 2. The molecule has 1 amide bonds. The normalized spacial score (nSPS) is 12.9. The highest BCUT2D eigenvalue weighted by Crippen LogP contribution is 2.35. The van der Waals surface area contributed by atoms with Gasteiger partial charge < -0.3 is 10.6 Å². The van der Waals surface area contributed by atoms with Gasteiger partial charge in [-0.15, -0.1) is 11.3 Å². The van der Waals surface area contributed by atoms with Crippen LogP contribution in [0, 0.1) is 5.41 Å². The average molecular weight is 371 g/mol. The lowest BCUT2D eigenvalue weighted by molar-refractivity contribution is -0.115. The molecule has 0 aliphatic heterocycles. The van der Waals surface area contributed by atoms with Crippen LogP contribution < -0.4 is 10.6 Å². The Labute approximate surface area is 151 Å². The third-order valence-corrected chi connectivity index (χ3v) is 4.86. The lowest BCUT2D eigenvalue weighted by Gasteiger charge is -2.30.